The fourth-order valence-electron chi connectivity index (χ4n) is 3.14. The molecule has 7 heteroatoms. The third-order valence-electron chi connectivity index (χ3n) is 4.99. The molecule has 170 valence electrons. The molecule has 0 atom stereocenters. The molecule has 3 aromatic carbocycles. The molecule has 3 aromatic rings. The van der Waals surface area contributed by atoms with Gasteiger partial charge in [-0.2, -0.15) is 0 Å². The molecule has 0 aliphatic heterocycles. The number of hydrogen-bond acceptors (Lipinski definition) is 3. The zero-order chi connectivity index (χ0) is 23.8. The zero-order valence-corrected chi connectivity index (χ0v) is 18.6. The summed E-state index contributed by atoms with van der Waals surface area (Å²) in [5.74, 6) is -1.56. The number of halogens is 1. The standard InChI is InChI=1S/C26H26FN3O3/c1-18-3-9-21(10-4-18)26(33)30(16-20-7-11-22(27)12-8-20)17-25(32)28-15-24(31)29-23-13-5-19(2)6-14-23/h3-14H,15-17H2,1-2H3,(H,28,32)(H,29,31). The molecule has 3 rings (SSSR count). The molecule has 3 amide bonds. The van der Waals surface area contributed by atoms with Crippen molar-refractivity contribution < 1.29 is 18.8 Å². The average Bonchev–Trinajstić information content (AvgIpc) is 2.80. The fraction of sp³-hybridized carbons (Fsp3) is 0.192. The normalized spacial score (nSPS) is 10.4. The van der Waals surface area contributed by atoms with E-state index in [1.54, 1.807) is 36.4 Å². The van der Waals surface area contributed by atoms with Crippen LogP contribution in [0.15, 0.2) is 72.8 Å². The van der Waals surface area contributed by atoms with Crippen molar-refractivity contribution >= 4 is 23.4 Å². The largest absolute Gasteiger partial charge is 0.345 e. The Labute approximate surface area is 192 Å². The SMILES string of the molecule is Cc1ccc(NC(=O)CNC(=O)CN(Cc2ccc(F)cc2)C(=O)c2ccc(C)cc2)cc1. The molecule has 0 heterocycles. The van der Waals surface area contributed by atoms with Crippen LogP contribution < -0.4 is 10.6 Å². The van der Waals surface area contributed by atoms with Crippen molar-refractivity contribution in [3.8, 4) is 0 Å². The van der Waals surface area contributed by atoms with Gasteiger partial charge in [0.1, 0.15) is 12.4 Å². The van der Waals surface area contributed by atoms with Crippen molar-refractivity contribution in [3.63, 3.8) is 0 Å². The van der Waals surface area contributed by atoms with Crippen LogP contribution >= 0.6 is 0 Å². The van der Waals surface area contributed by atoms with E-state index in [4.69, 9.17) is 0 Å². The smallest absolute Gasteiger partial charge is 0.254 e. The van der Waals surface area contributed by atoms with Crippen molar-refractivity contribution in [2.75, 3.05) is 18.4 Å². The molecule has 0 aliphatic rings. The number of benzene rings is 3. The Morgan fingerprint density at radius 2 is 1.36 bits per heavy atom. The second kappa shape index (κ2) is 11.0. The maximum atomic E-state index is 13.3. The highest BCUT2D eigenvalue weighted by Crippen LogP contribution is 2.12. The molecular formula is C26H26FN3O3. The van der Waals surface area contributed by atoms with Gasteiger partial charge in [0.2, 0.25) is 11.8 Å². The summed E-state index contributed by atoms with van der Waals surface area (Å²) in [5, 5.41) is 5.26. The predicted octanol–water partition coefficient (Wildman–Crippen LogP) is 3.84. The van der Waals surface area contributed by atoms with Gasteiger partial charge in [0.05, 0.1) is 6.54 Å². The molecular weight excluding hydrogens is 421 g/mol. The maximum absolute atomic E-state index is 13.3. The summed E-state index contributed by atoms with van der Waals surface area (Å²) in [6.45, 7) is 3.51. The molecule has 0 unspecified atom stereocenters. The Bertz CT molecular complexity index is 1110. The Morgan fingerprint density at radius 1 is 0.788 bits per heavy atom. The highest BCUT2D eigenvalue weighted by Gasteiger charge is 2.20. The first-order valence-corrected chi connectivity index (χ1v) is 10.5. The number of nitrogens with zero attached hydrogens (tertiary/aromatic N) is 1. The van der Waals surface area contributed by atoms with Crippen LogP contribution in [-0.2, 0) is 16.1 Å². The fourth-order valence-corrected chi connectivity index (χ4v) is 3.14. The summed E-state index contributed by atoms with van der Waals surface area (Å²) in [4.78, 5) is 39.1. The van der Waals surface area contributed by atoms with E-state index in [0.717, 1.165) is 11.1 Å². The van der Waals surface area contributed by atoms with Crippen LogP contribution in [0.4, 0.5) is 10.1 Å². The zero-order valence-electron chi connectivity index (χ0n) is 18.6. The van der Waals surface area contributed by atoms with Crippen molar-refractivity contribution in [1.29, 1.82) is 0 Å². The van der Waals surface area contributed by atoms with Gasteiger partial charge in [-0.1, -0.05) is 47.5 Å². The molecule has 0 fully saturated rings. The van der Waals surface area contributed by atoms with Crippen LogP contribution in [0.2, 0.25) is 0 Å². The van der Waals surface area contributed by atoms with Gasteiger partial charge >= 0.3 is 0 Å². The van der Waals surface area contributed by atoms with Gasteiger partial charge in [0.25, 0.3) is 5.91 Å². The highest BCUT2D eigenvalue weighted by molar-refractivity contribution is 5.98. The van der Waals surface area contributed by atoms with E-state index in [1.165, 1.54) is 17.0 Å². The third-order valence-corrected chi connectivity index (χ3v) is 4.99. The topological polar surface area (TPSA) is 78.5 Å². The van der Waals surface area contributed by atoms with Crippen molar-refractivity contribution in [3.05, 3.63) is 101 Å². The number of carbonyl (C=O) groups excluding carboxylic acids is 3. The lowest BCUT2D eigenvalue weighted by atomic mass is 10.1. The molecule has 33 heavy (non-hydrogen) atoms. The predicted molar refractivity (Wildman–Crippen MR) is 125 cm³/mol. The van der Waals surface area contributed by atoms with Gasteiger partial charge in [-0.25, -0.2) is 4.39 Å². The van der Waals surface area contributed by atoms with Gasteiger partial charge in [-0.05, 0) is 55.8 Å². The lowest BCUT2D eigenvalue weighted by Gasteiger charge is -2.22. The van der Waals surface area contributed by atoms with Crippen LogP contribution in [0, 0.1) is 19.7 Å². The Hall–Kier alpha value is -4.00. The van der Waals surface area contributed by atoms with Gasteiger partial charge in [-0.15, -0.1) is 0 Å². The van der Waals surface area contributed by atoms with Crippen LogP contribution in [0.5, 0.6) is 0 Å². The number of anilines is 1. The number of amides is 3. The summed E-state index contributed by atoms with van der Waals surface area (Å²) in [6, 6.07) is 20.1. The van der Waals surface area contributed by atoms with Crippen molar-refractivity contribution in [1.82, 2.24) is 10.2 Å². The molecule has 0 bridgehead atoms. The second-order valence-electron chi connectivity index (χ2n) is 7.84. The first kappa shape index (κ1) is 23.7. The molecule has 0 saturated carbocycles. The number of hydrogen-bond donors (Lipinski definition) is 2. The molecule has 0 aliphatic carbocycles. The molecule has 0 radical (unpaired) electrons. The highest BCUT2D eigenvalue weighted by atomic mass is 19.1. The van der Waals surface area contributed by atoms with E-state index in [0.29, 0.717) is 16.8 Å². The van der Waals surface area contributed by atoms with E-state index >= 15 is 0 Å². The summed E-state index contributed by atoms with van der Waals surface area (Å²) in [5.41, 5.74) is 3.83. The molecule has 0 spiro atoms. The quantitative estimate of drug-likeness (QED) is 0.551. The molecule has 6 nitrogen and oxygen atoms in total. The van der Waals surface area contributed by atoms with Crippen LogP contribution in [0.25, 0.3) is 0 Å². The monoisotopic (exact) mass is 447 g/mol. The number of rotatable bonds is 8. The Kier molecular flexibility index (Phi) is 7.91. The number of carbonyl (C=O) groups is 3. The van der Waals surface area contributed by atoms with E-state index in [9.17, 15) is 18.8 Å². The van der Waals surface area contributed by atoms with E-state index in [2.05, 4.69) is 10.6 Å². The van der Waals surface area contributed by atoms with Crippen molar-refractivity contribution in [2.45, 2.75) is 20.4 Å². The summed E-state index contributed by atoms with van der Waals surface area (Å²) in [6.07, 6.45) is 0. The van der Waals surface area contributed by atoms with E-state index in [1.807, 2.05) is 38.1 Å². The Morgan fingerprint density at radius 3 is 1.97 bits per heavy atom. The lowest BCUT2D eigenvalue weighted by molar-refractivity contribution is -0.124. The molecule has 0 aromatic heterocycles. The minimum atomic E-state index is -0.475. The summed E-state index contributed by atoms with van der Waals surface area (Å²) in [7, 11) is 0. The Balaban J connectivity index is 1.63. The van der Waals surface area contributed by atoms with Crippen LogP contribution in [0.3, 0.4) is 0 Å². The minimum Gasteiger partial charge on any atom is -0.345 e. The lowest BCUT2D eigenvalue weighted by Crippen LogP contribution is -2.42. The number of nitrogens with one attached hydrogen (secondary N) is 2. The molecule has 0 saturated heterocycles. The van der Waals surface area contributed by atoms with Gasteiger partial charge in [0, 0.05) is 17.8 Å². The summed E-state index contributed by atoms with van der Waals surface area (Å²) < 4.78 is 13.3. The van der Waals surface area contributed by atoms with Crippen LogP contribution in [0.1, 0.15) is 27.0 Å². The minimum absolute atomic E-state index is 0.121. The van der Waals surface area contributed by atoms with E-state index < -0.39 is 5.91 Å². The average molecular weight is 448 g/mol. The van der Waals surface area contributed by atoms with Gasteiger partial charge < -0.3 is 15.5 Å². The van der Waals surface area contributed by atoms with E-state index in [-0.39, 0.29) is 37.3 Å². The first-order chi connectivity index (χ1) is 15.8. The van der Waals surface area contributed by atoms with Crippen molar-refractivity contribution in [2.24, 2.45) is 0 Å². The third kappa shape index (κ3) is 7.28. The maximum Gasteiger partial charge on any atom is 0.254 e. The van der Waals surface area contributed by atoms with Gasteiger partial charge in [-0.3, -0.25) is 14.4 Å². The second-order valence-corrected chi connectivity index (χ2v) is 7.84. The van der Waals surface area contributed by atoms with Crippen LogP contribution in [-0.4, -0.2) is 35.7 Å². The summed E-state index contributed by atoms with van der Waals surface area (Å²) >= 11 is 0. The molecule has 2 N–H and O–H groups in total. The number of aryl methyl sites for hydroxylation is 2. The first-order valence-electron chi connectivity index (χ1n) is 10.5. The van der Waals surface area contributed by atoms with Gasteiger partial charge in [0.15, 0.2) is 0 Å².